The minimum Gasteiger partial charge on any atom is -0.437 e. The van der Waals surface area contributed by atoms with Crippen LogP contribution in [0.2, 0.25) is 0 Å². The minimum atomic E-state index is 0.580. The summed E-state index contributed by atoms with van der Waals surface area (Å²) in [5, 5.41) is 2.22. The van der Waals surface area contributed by atoms with Crippen molar-refractivity contribution in [3.05, 3.63) is 59.4 Å². The summed E-state index contributed by atoms with van der Waals surface area (Å²) >= 11 is 0. The molecule has 0 N–H and O–H groups in total. The highest BCUT2D eigenvalue weighted by molar-refractivity contribution is 6.08. The summed E-state index contributed by atoms with van der Waals surface area (Å²) in [6.45, 7) is 4.17. The number of nitrogens with zero attached hydrogens (tertiary/aromatic N) is 2. The lowest BCUT2D eigenvalue weighted by atomic mass is 9.86. The third-order valence-electron chi connectivity index (χ3n) is 5.93. The number of aromatic nitrogens is 2. The van der Waals surface area contributed by atoms with Gasteiger partial charge in [0, 0.05) is 34.1 Å². The van der Waals surface area contributed by atoms with Crippen LogP contribution in [0.25, 0.3) is 33.3 Å². The van der Waals surface area contributed by atoms with Crippen LogP contribution in [-0.2, 0) is 0 Å². The molecule has 0 unspecified atom stereocenters. The Labute approximate surface area is 159 Å². The van der Waals surface area contributed by atoms with E-state index in [-0.39, 0.29) is 0 Å². The Hall–Kier alpha value is -2.68. The van der Waals surface area contributed by atoms with Crippen LogP contribution >= 0.6 is 0 Å². The molecule has 0 saturated heterocycles. The third-order valence-corrected chi connectivity index (χ3v) is 5.93. The highest BCUT2D eigenvalue weighted by Crippen LogP contribution is 2.38. The molecule has 1 aromatic carbocycles. The summed E-state index contributed by atoms with van der Waals surface area (Å²) in [6, 6.07) is 12.9. The zero-order valence-electron chi connectivity index (χ0n) is 16.0. The topological polar surface area (TPSA) is 38.9 Å². The van der Waals surface area contributed by atoms with E-state index in [1.807, 2.05) is 6.20 Å². The van der Waals surface area contributed by atoms with Crippen molar-refractivity contribution in [1.82, 2.24) is 9.97 Å². The Morgan fingerprint density at radius 2 is 1.70 bits per heavy atom. The first kappa shape index (κ1) is 16.5. The van der Waals surface area contributed by atoms with Crippen LogP contribution < -0.4 is 0 Å². The molecule has 0 radical (unpaired) electrons. The maximum absolute atomic E-state index is 6.33. The Morgan fingerprint density at radius 1 is 0.889 bits per heavy atom. The van der Waals surface area contributed by atoms with Gasteiger partial charge in [-0.05, 0) is 56.0 Å². The number of hydrogen-bond acceptors (Lipinski definition) is 3. The molecule has 0 atom stereocenters. The predicted octanol–water partition coefficient (Wildman–Crippen LogP) is 6.71. The van der Waals surface area contributed by atoms with Crippen LogP contribution in [0.3, 0.4) is 0 Å². The number of pyridine rings is 2. The summed E-state index contributed by atoms with van der Waals surface area (Å²) in [4.78, 5) is 9.57. The molecule has 3 heterocycles. The molecule has 136 valence electrons. The normalized spacial score (nSPS) is 15.6. The van der Waals surface area contributed by atoms with Crippen LogP contribution in [0, 0.1) is 13.8 Å². The Morgan fingerprint density at radius 3 is 2.48 bits per heavy atom. The fourth-order valence-electron chi connectivity index (χ4n) is 4.39. The average Bonchev–Trinajstić information content (AvgIpc) is 3.07. The van der Waals surface area contributed by atoms with E-state index in [1.165, 1.54) is 43.4 Å². The van der Waals surface area contributed by atoms with Gasteiger partial charge in [0.1, 0.15) is 5.58 Å². The first-order chi connectivity index (χ1) is 13.2. The van der Waals surface area contributed by atoms with Crippen molar-refractivity contribution >= 4 is 22.1 Å². The molecule has 1 aliphatic rings. The smallest absolute Gasteiger partial charge is 0.227 e. The molecule has 1 saturated carbocycles. The molecule has 27 heavy (non-hydrogen) atoms. The van der Waals surface area contributed by atoms with E-state index in [2.05, 4.69) is 55.2 Å². The molecule has 1 fully saturated rings. The molecule has 3 nitrogen and oxygen atoms in total. The van der Waals surface area contributed by atoms with Gasteiger partial charge < -0.3 is 4.42 Å². The van der Waals surface area contributed by atoms with Gasteiger partial charge in [-0.15, -0.1) is 0 Å². The van der Waals surface area contributed by atoms with Crippen LogP contribution in [-0.4, -0.2) is 9.97 Å². The molecular weight excluding hydrogens is 332 g/mol. The summed E-state index contributed by atoms with van der Waals surface area (Å²) in [7, 11) is 0. The molecule has 1 aliphatic carbocycles. The summed E-state index contributed by atoms with van der Waals surface area (Å²) < 4.78 is 6.33. The fourth-order valence-corrected chi connectivity index (χ4v) is 4.39. The van der Waals surface area contributed by atoms with Gasteiger partial charge in [-0.1, -0.05) is 37.5 Å². The van der Waals surface area contributed by atoms with E-state index < -0.39 is 0 Å². The van der Waals surface area contributed by atoms with Gasteiger partial charge in [0.2, 0.25) is 5.71 Å². The highest BCUT2D eigenvalue weighted by atomic mass is 16.3. The van der Waals surface area contributed by atoms with Crippen LogP contribution in [0.5, 0.6) is 0 Å². The molecule has 3 heteroatoms. The lowest BCUT2D eigenvalue weighted by Crippen LogP contribution is -2.06. The second-order valence-corrected chi connectivity index (χ2v) is 7.88. The van der Waals surface area contributed by atoms with Gasteiger partial charge in [-0.25, -0.2) is 4.98 Å². The molecular formula is C24H24N2O. The standard InChI is InChI=1S/C24H24N2O/c1-15-8-12-21(25-14-15)22-16(2)9-10-18-19-11-13-20(17-6-4-3-5-7-17)26-24(19)27-23(18)22/h8-14,17H,3-7H2,1-2H3. The Bertz CT molecular complexity index is 1120. The fraction of sp³-hybridized carbons (Fsp3) is 0.333. The van der Waals surface area contributed by atoms with Crippen molar-refractivity contribution in [3.63, 3.8) is 0 Å². The van der Waals surface area contributed by atoms with Gasteiger partial charge in [0.05, 0.1) is 5.69 Å². The number of furan rings is 1. The molecule has 0 spiro atoms. The van der Waals surface area contributed by atoms with Gasteiger partial charge in [0.25, 0.3) is 0 Å². The van der Waals surface area contributed by atoms with Gasteiger partial charge in [-0.2, -0.15) is 0 Å². The van der Waals surface area contributed by atoms with Crippen LogP contribution in [0.1, 0.15) is 54.8 Å². The minimum absolute atomic E-state index is 0.580. The van der Waals surface area contributed by atoms with Crippen molar-refractivity contribution in [2.45, 2.75) is 51.9 Å². The van der Waals surface area contributed by atoms with Crippen LogP contribution in [0.15, 0.2) is 47.0 Å². The molecule has 5 rings (SSSR count). The van der Waals surface area contributed by atoms with Gasteiger partial charge in [-0.3, -0.25) is 4.98 Å². The second kappa shape index (κ2) is 6.49. The van der Waals surface area contributed by atoms with E-state index in [9.17, 15) is 0 Å². The van der Waals surface area contributed by atoms with Crippen molar-refractivity contribution < 1.29 is 4.42 Å². The van der Waals surface area contributed by atoms with Crippen molar-refractivity contribution in [2.24, 2.45) is 0 Å². The third kappa shape index (κ3) is 2.82. The summed E-state index contributed by atoms with van der Waals surface area (Å²) in [5.74, 6) is 0.580. The number of benzene rings is 1. The monoisotopic (exact) mass is 356 g/mol. The molecule has 0 bridgehead atoms. The van der Waals surface area contributed by atoms with Gasteiger partial charge >= 0.3 is 0 Å². The zero-order valence-corrected chi connectivity index (χ0v) is 16.0. The van der Waals surface area contributed by atoms with E-state index >= 15 is 0 Å². The van der Waals surface area contributed by atoms with Crippen molar-refractivity contribution in [3.8, 4) is 11.3 Å². The maximum Gasteiger partial charge on any atom is 0.227 e. The van der Waals surface area contributed by atoms with Crippen LogP contribution in [0.4, 0.5) is 0 Å². The average molecular weight is 356 g/mol. The number of hydrogen-bond donors (Lipinski definition) is 0. The number of fused-ring (bicyclic) bond motifs is 3. The van der Waals surface area contributed by atoms with E-state index in [1.54, 1.807) is 0 Å². The van der Waals surface area contributed by atoms with E-state index in [4.69, 9.17) is 9.40 Å². The SMILES string of the molecule is Cc1ccc(-c2c(C)ccc3c2oc2nc(C4CCCCC4)ccc23)nc1. The zero-order chi connectivity index (χ0) is 18.4. The summed E-state index contributed by atoms with van der Waals surface area (Å²) in [5.41, 5.74) is 7.20. The van der Waals surface area contributed by atoms with Gasteiger partial charge in [0.15, 0.2) is 0 Å². The molecule has 3 aromatic heterocycles. The Balaban J connectivity index is 1.69. The second-order valence-electron chi connectivity index (χ2n) is 7.88. The first-order valence-electron chi connectivity index (χ1n) is 9.96. The van der Waals surface area contributed by atoms with Crippen molar-refractivity contribution in [1.29, 1.82) is 0 Å². The van der Waals surface area contributed by atoms with Crippen molar-refractivity contribution in [2.75, 3.05) is 0 Å². The lowest BCUT2D eigenvalue weighted by Gasteiger charge is -2.20. The quantitative estimate of drug-likeness (QED) is 0.401. The molecule has 0 amide bonds. The van der Waals surface area contributed by atoms with E-state index in [0.717, 1.165) is 38.9 Å². The highest BCUT2D eigenvalue weighted by Gasteiger charge is 2.20. The Kier molecular flexibility index (Phi) is 3.96. The first-order valence-corrected chi connectivity index (χ1v) is 9.96. The van der Waals surface area contributed by atoms with E-state index in [0.29, 0.717) is 5.92 Å². The maximum atomic E-state index is 6.33. The predicted molar refractivity (Wildman–Crippen MR) is 110 cm³/mol. The largest absolute Gasteiger partial charge is 0.437 e. The molecule has 0 aliphatic heterocycles. The number of rotatable bonds is 2. The lowest BCUT2D eigenvalue weighted by molar-refractivity contribution is 0.436. The summed E-state index contributed by atoms with van der Waals surface area (Å²) in [6.07, 6.45) is 8.39. The number of aryl methyl sites for hydroxylation is 2. The molecule has 4 aromatic rings.